The highest BCUT2D eigenvalue weighted by atomic mass is 16.5. The van der Waals surface area contributed by atoms with Crippen LogP contribution >= 0.6 is 0 Å². The lowest BCUT2D eigenvalue weighted by Crippen LogP contribution is -2.51. The molecule has 0 radical (unpaired) electrons. The van der Waals surface area contributed by atoms with Gasteiger partial charge in [0.15, 0.2) is 0 Å². The van der Waals surface area contributed by atoms with Crippen molar-refractivity contribution in [2.45, 2.75) is 58.4 Å². The van der Waals surface area contributed by atoms with E-state index in [4.69, 9.17) is 9.47 Å². The molecule has 0 saturated heterocycles. The van der Waals surface area contributed by atoms with E-state index in [1.165, 1.54) is 0 Å². The van der Waals surface area contributed by atoms with Crippen LogP contribution in [-0.4, -0.2) is 37.2 Å². The topological polar surface area (TPSA) is 93.7 Å². The van der Waals surface area contributed by atoms with Crippen molar-refractivity contribution in [1.29, 1.82) is 0 Å². The van der Waals surface area contributed by atoms with Crippen molar-refractivity contribution in [2.24, 2.45) is 5.92 Å². The largest absolute Gasteiger partial charge is 0.463 e. The number of carbonyl (C=O) groups is 3. The van der Waals surface area contributed by atoms with E-state index < -0.39 is 18.0 Å². The van der Waals surface area contributed by atoms with Crippen LogP contribution in [0, 0.1) is 5.92 Å². The fourth-order valence-corrected chi connectivity index (χ4v) is 3.24. The molecule has 2 aliphatic rings. The minimum absolute atomic E-state index is 0.121. The Morgan fingerprint density at radius 3 is 2.50 bits per heavy atom. The van der Waals surface area contributed by atoms with Gasteiger partial charge in [-0.1, -0.05) is 19.8 Å². The number of carbonyl (C=O) groups excluding carboxylic acids is 3. The summed E-state index contributed by atoms with van der Waals surface area (Å²) in [5.41, 5.74) is 0.636. The second-order valence-corrected chi connectivity index (χ2v) is 6.19. The summed E-state index contributed by atoms with van der Waals surface area (Å²) in [7, 11) is 0. The summed E-state index contributed by atoms with van der Waals surface area (Å²) in [6, 6.07) is -0.849. The first-order valence-corrected chi connectivity index (χ1v) is 8.68. The van der Waals surface area contributed by atoms with Crippen molar-refractivity contribution in [3.8, 4) is 0 Å². The summed E-state index contributed by atoms with van der Waals surface area (Å²) in [5.74, 6) is -0.404. The normalized spacial score (nSPS) is 21.2. The maximum atomic E-state index is 12.2. The van der Waals surface area contributed by atoms with Crippen LogP contribution in [0.25, 0.3) is 0 Å². The molecule has 0 aromatic heterocycles. The van der Waals surface area contributed by atoms with E-state index >= 15 is 0 Å². The monoisotopic (exact) mass is 338 g/mol. The molecule has 1 fully saturated rings. The molecule has 7 heteroatoms. The molecule has 0 unspecified atom stereocenters. The molecule has 24 heavy (non-hydrogen) atoms. The number of hydrogen-bond donors (Lipinski definition) is 2. The van der Waals surface area contributed by atoms with Gasteiger partial charge in [0.25, 0.3) is 0 Å². The van der Waals surface area contributed by atoms with Gasteiger partial charge in [0, 0.05) is 6.42 Å². The lowest BCUT2D eigenvalue weighted by atomic mass is 10.0. The van der Waals surface area contributed by atoms with Crippen molar-refractivity contribution in [3.63, 3.8) is 0 Å². The zero-order valence-corrected chi connectivity index (χ0v) is 14.4. The summed E-state index contributed by atoms with van der Waals surface area (Å²) in [6.07, 6.45) is 5.38. The highest BCUT2D eigenvalue weighted by Gasteiger charge is 2.32. The van der Waals surface area contributed by atoms with E-state index in [2.05, 4.69) is 10.6 Å². The quantitative estimate of drug-likeness (QED) is 0.693. The number of amides is 2. The summed E-state index contributed by atoms with van der Waals surface area (Å²) >= 11 is 0. The van der Waals surface area contributed by atoms with Crippen LogP contribution in [0.4, 0.5) is 4.79 Å². The molecule has 0 aromatic rings. The predicted molar refractivity (Wildman–Crippen MR) is 86.9 cm³/mol. The second-order valence-electron chi connectivity index (χ2n) is 6.19. The number of ether oxygens (including phenoxy) is 2. The van der Waals surface area contributed by atoms with Crippen LogP contribution in [0.5, 0.6) is 0 Å². The molecule has 2 rings (SSSR count). The van der Waals surface area contributed by atoms with Crippen molar-refractivity contribution >= 4 is 18.0 Å². The number of hydrogen-bond acceptors (Lipinski definition) is 5. The molecule has 1 heterocycles. The average molecular weight is 338 g/mol. The van der Waals surface area contributed by atoms with E-state index in [-0.39, 0.29) is 19.2 Å². The van der Waals surface area contributed by atoms with Crippen molar-refractivity contribution in [2.75, 3.05) is 13.2 Å². The highest BCUT2D eigenvalue weighted by molar-refractivity contribution is 5.94. The Kier molecular flexibility index (Phi) is 6.63. The Morgan fingerprint density at radius 1 is 1.17 bits per heavy atom. The average Bonchev–Trinajstić information content (AvgIpc) is 3.05. The van der Waals surface area contributed by atoms with Gasteiger partial charge in [0.2, 0.25) is 0 Å². The van der Waals surface area contributed by atoms with Crippen molar-refractivity contribution < 1.29 is 23.9 Å². The van der Waals surface area contributed by atoms with Crippen LogP contribution in [0.15, 0.2) is 11.3 Å². The van der Waals surface area contributed by atoms with E-state index in [1.807, 2.05) is 6.92 Å². The summed E-state index contributed by atoms with van der Waals surface area (Å²) < 4.78 is 10.4. The van der Waals surface area contributed by atoms with Gasteiger partial charge in [-0.3, -0.25) is 4.79 Å². The lowest BCUT2D eigenvalue weighted by molar-refractivity contribution is -0.144. The van der Waals surface area contributed by atoms with Gasteiger partial charge in [0.1, 0.15) is 6.61 Å². The third kappa shape index (κ3) is 4.72. The van der Waals surface area contributed by atoms with Crippen LogP contribution in [0.2, 0.25) is 0 Å². The van der Waals surface area contributed by atoms with Crippen LogP contribution in [0.1, 0.15) is 52.4 Å². The summed E-state index contributed by atoms with van der Waals surface area (Å²) in [5, 5.41) is 5.25. The number of esters is 2. The minimum atomic E-state index is -0.501. The third-order valence-electron chi connectivity index (χ3n) is 4.45. The molecule has 1 atom stereocenters. The Morgan fingerprint density at radius 2 is 1.88 bits per heavy atom. The SMILES string of the molecule is CCOC(=O)C1=C(COC(=O)CC2CCCC2)NC(=O)N[C@@H]1CC. The molecule has 0 spiro atoms. The highest BCUT2D eigenvalue weighted by Crippen LogP contribution is 2.27. The molecule has 7 nitrogen and oxygen atoms in total. The van der Waals surface area contributed by atoms with Gasteiger partial charge >= 0.3 is 18.0 Å². The first kappa shape index (κ1) is 18.3. The van der Waals surface area contributed by atoms with Gasteiger partial charge in [-0.2, -0.15) is 0 Å². The molecule has 1 aliphatic heterocycles. The molecule has 0 bridgehead atoms. The molecular formula is C17H26N2O5. The fourth-order valence-electron chi connectivity index (χ4n) is 3.24. The summed E-state index contributed by atoms with van der Waals surface area (Å²) in [4.78, 5) is 35.9. The van der Waals surface area contributed by atoms with Crippen molar-refractivity contribution in [1.82, 2.24) is 10.6 Å². The second kappa shape index (κ2) is 8.70. The standard InChI is InChI=1S/C17H26N2O5/c1-3-12-15(16(21)23-4-2)13(19-17(22)18-12)10-24-14(20)9-11-7-5-6-8-11/h11-12H,3-10H2,1-2H3,(H2,18,19,22)/t12-/m1/s1. The van der Waals surface area contributed by atoms with E-state index in [9.17, 15) is 14.4 Å². The van der Waals surface area contributed by atoms with Gasteiger partial charge in [-0.15, -0.1) is 0 Å². The maximum absolute atomic E-state index is 12.2. The molecule has 1 aliphatic carbocycles. The number of nitrogens with one attached hydrogen (secondary N) is 2. The third-order valence-corrected chi connectivity index (χ3v) is 4.45. The molecule has 2 N–H and O–H groups in total. The minimum Gasteiger partial charge on any atom is -0.463 e. The Balaban J connectivity index is 2.04. The zero-order chi connectivity index (χ0) is 17.5. The number of urea groups is 1. The molecule has 134 valence electrons. The Labute approximate surface area is 142 Å². The smallest absolute Gasteiger partial charge is 0.338 e. The predicted octanol–water partition coefficient (Wildman–Crippen LogP) is 2.02. The zero-order valence-electron chi connectivity index (χ0n) is 14.4. The summed E-state index contributed by atoms with van der Waals surface area (Å²) in [6.45, 7) is 3.69. The van der Waals surface area contributed by atoms with E-state index in [1.54, 1.807) is 6.92 Å². The molecule has 2 amide bonds. The van der Waals surface area contributed by atoms with Crippen LogP contribution in [0.3, 0.4) is 0 Å². The van der Waals surface area contributed by atoms with E-state index in [0.717, 1.165) is 25.7 Å². The Bertz CT molecular complexity index is 523. The molecule has 0 aromatic carbocycles. The number of rotatable bonds is 7. The van der Waals surface area contributed by atoms with Crippen LogP contribution < -0.4 is 10.6 Å². The lowest BCUT2D eigenvalue weighted by Gasteiger charge is -2.28. The first-order chi connectivity index (χ1) is 11.5. The Hall–Kier alpha value is -2.05. The van der Waals surface area contributed by atoms with Crippen molar-refractivity contribution in [3.05, 3.63) is 11.3 Å². The van der Waals surface area contributed by atoms with Gasteiger partial charge in [-0.25, -0.2) is 9.59 Å². The van der Waals surface area contributed by atoms with Crippen LogP contribution in [-0.2, 0) is 19.1 Å². The maximum Gasteiger partial charge on any atom is 0.338 e. The van der Waals surface area contributed by atoms with Gasteiger partial charge < -0.3 is 20.1 Å². The van der Waals surface area contributed by atoms with Gasteiger partial charge in [-0.05, 0) is 32.1 Å². The first-order valence-electron chi connectivity index (χ1n) is 8.68. The van der Waals surface area contributed by atoms with Gasteiger partial charge in [0.05, 0.1) is 23.9 Å². The molecule has 1 saturated carbocycles. The van der Waals surface area contributed by atoms with E-state index in [0.29, 0.717) is 30.0 Å². The fraction of sp³-hybridized carbons (Fsp3) is 0.706. The molecular weight excluding hydrogens is 312 g/mol.